The number of aliphatic carboxylic acids is 1. The Kier molecular flexibility index (Phi) is 9.02. The summed E-state index contributed by atoms with van der Waals surface area (Å²) in [5.41, 5.74) is 0.521. The van der Waals surface area contributed by atoms with Crippen LogP contribution in [0.3, 0.4) is 0 Å². The number of nitrogens with one attached hydrogen (secondary N) is 1. The van der Waals surface area contributed by atoms with Gasteiger partial charge in [0.1, 0.15) is 30.7 Å². The highest BCUT2D eigenvalue weighted by Gasteiger charge is 2.48. The number of ether oxygens (including phenoxy) is 3. The summed E-state index contributed by atoms with van der Waals surface area (Å²) in [6.45, 7) is 4.30. The molecule has 5 N–H and O–H groups in total. The standard InChI is InChI=1S/C20H28BNO10/c1-9(2)5-6-22-17(26)11-7-10(8-30-20(21)29)3-4-12(11)31-19-15(25)13(23)14(24)16(32-19)18(27)28/h3-4,7,9,13-16,19,23-25H,5-6,8,21H2,1-2H3,(H,22,26)(H,27,28)/t13-,14-,15+,16-,19+/m0/s1. The van der Waals surface area contributed by atoms with Gasteiger partial charge in [-0.2, -0.15) is 0 Å². The molecule has 1 aromatic carbocycles. The monoisotopic (exact) mass is 453 g/mol. The number of aliphatic hydroxyl groups excluding tert-OH is 3. The first-order valence-electron chi connectivity index (χ1n) is 10.1. The number of carbonyl (C=O) groups excluding carboxylic acids is 2. The number of aliphatic hydroxyl groups is 3. The first-order chi connectivity index (χ1) is 15.0. The van der Waals surface area contributed by atoms with Gasteiger partial charge in [0.05, 0.1) is 5.56 Å². The Balaban J connectivity index is 2.28. The van der Waals surface area contributed by atoms with Gasteiger partial charge < -0.3 is 40.0 Å². The van der Waals surface area contributed by atoms with Crippen molar-refractivity contribution in [1.29, 1.82) is 0 Å². The molecule has 0 aromatic heterocycles. The lowest BCUT2D eigenvalue weighted by atomic mass is 9.99. The summed E-state index contributed by atoms with van der Waals surface area (Å²) in [6.07, 6.45) is -8.28. The third-order valence-corrected chi connectivity index (χ3v) is 4.79. The van der Waals surface area contributed by atoms with Crippen LogP contribution in [0, 0.1) is 5.92 Å². The lowest BCUT2D eigenvalue weighted by Gasteiger charge is -2.38. The van der Waals surface area contributed by atoms with Crippen LogP contribution in [-0.4, -0.2) is 83.3 Å². The van der Waals surface area contributed by atoms with Gasteiger partial charge in [0.2, 0.25) is 20.0 Å². The van der Waals surface area contributed by atoms with E-state index < -0.39 is 48.5 Å². The largest absolute Gasteiger partial charge is 0.479 e. The normalized spacial score (nSPS) is 25.2. The maximum Gasteiger partial charge on any atom is 0.335 e. The second kappa shape index (κ2) is 11.3. The molecule has 0 aliphatic carbocycles. The van der Waals surface area contributed by atoms with E-state index in [2.05, 4.69) is 5.32 Å². The molecule has 0 unspecified atom stereocenters. The van der Waals surface area contributed by atoms with Gasteiger partial charge in [0.15, 0.2) is 6.10 Å². The fourth-order valence-electron chi connectivity index (χ4n) is 2.98. The van der Waals surface area contributed by atoms with Crippen LogP contribution in [0.15, 0.2) is 18.2 Å². The van der Waals surface area contributed by atoms with Crippen molar-refractivity contribution < 1.29 is 49.0 Å². The molecule has 2 rings (SSSR count). The van der Waals surface area contributed by atoms with Gasteiger partial charge >= 0.3 is 5.97 Å². The Hall–Kier alpha value is -2.67. The molecule has 0 bridgehead atoms. The molecule has 176 valence electrons. The van der Waals surface area contributed by atoms with Crippen molar-refractivity contribution in [2.45, 2.75) is 57.6 Å². The quantitative estimate of drug-likeness (QED) is 0.292. The molecule has 5 atom stereocenters. The predicted octanol–water partition coefficient (Wildman–Crippen LogP) is -0.997. The number of carboxylic acid groups (broad SMARTS) is 1. The average Bonchev–Trinajstić information content (AvgIpc) is 2.72. The van der Waals surface area contributed by atoms with E-state index >= 15 is 0 Å². The van der Waals surface area contributed by atoms with Gasteiger partial charge in [-0.15, -0.1) is 0 Å². The molecule has 1 aromatic rings. The van der Waals surface area contributed by atoms with E-state index in [4.69, 9.17) is 14.2 Å². The number of rotatable bonds is 9. The van der Waals surface area contributed by atoms with E-state index in [0.29, 0.717) is 18.0 Å². The van der Waals surface area contributed by atoms with Gasteiger partial charge in [0, 0.05) is 6.54 Å². The average molecular weight is 453 g/mol. The summed E-state index contributed by atoms with van der Waals surface area (Å²) in [6, 6.07) is 4.32. The van der Waals surface area contributed by atoms with Crippen molar-refractivity contribution in [3.8, 4) is 5.75 Å². The Morgan fingerprint density at radius 2 is 1.84 bits per heavy atom. The van der Waals surface area contributed by atoms with Crippen LogP contribution < -0.4 is 10.1 Å². The number of amides is 1. The molecule has 1 aliphatic rings. The SMILES string of the molecule is BC(=O)OCc1ccc(O[C@@H]2O[C@H](C(=O)O)[C@@H](O)[C@H](O)[C@H]2O)c(C(=O)NCCC(C)C)c1. The summed E-state index contributed by atoms with van der Waals surface area (Å²) in [7, 11) is 1.25. The van der Waals surface area contributed by atoms with Crippen molar-refractivity contribution in [2.24, 2.45) is 5.92 Å². The third kappa shape index (κ3) is 6.66. The highest BCUT2D eigenvalue weighted by Crippen LogP contribution is 2.28. The Morgan fingerprint density at radius 3 is 2.44 bits per heavy atom. The molecule has 1 saturated heterocycles. The molecule has 1 fully saturated rings. The predicted molar refractivity (Wildman–Crippen MR) is 112 cm³/mol. The molecular formula is C20H28BNO10. The van der Waals surface area contributed by atoms with E-state index in [-0.39, 0.29) is 17.9 Å². The zero-order valence-corrected chi connectivity index (χ0v) is 18.1. The maximum absolute atomic E-state index is 12.8. The highest BCUT2D eigenvalue weighted by atomic mass is 16.7. The molecule has 0 saturated carbocycles. The van der Waals surface area contributed by atoms with Gasteiger partial charge in [-0.25, -0.2) is 4.79 Å². The van der Waals surface area contributed by atoms with Crippen LogP contribution in [0.2, 0.25) is 0 Å². The summed E-state index contributed by atoms with van der Waals surface area (Å²) in [4.78, 5) is 35.1. The summed E-state index contributed by atoms with van der Waals surface area (Å²) in [5.74, 6) is -2.27. The molecule has 0 spiro atoms. The number of hydrogen-bond donors (Lipinski definition) is 5. The molecule has 1 aliphatic heterocycles. The number of carboxylic acids is 1. The first kappa shape index (κ1) is 25.6. The van der Waals surface area contributed by atoms with Gasteiger partial charge in [0.25, 0.3) is 5.91 Å². The van der Waals surface area contributed by atoms with Crippen LogP contribution in [0.25, 0.3) is 0 Å². The van der Waals surface area contributed by atoms with E-state index in [0.717, 1.165) is 6.42 Å². The number of carbonyl (C=O) groups is 3. The van der Waals surface area contributed by atoms with Crippen molar-refractivity contribution >= 4 is 25.6 Å². The van der Waals surface area contributed by atoms with Crippen molar-refractivity contribution in [1.82, 2.24) is 5.32 Å². The lowest BCUT2D eigenvalue weighted by Crippen LogP contribution is -2.61. The topological polar surface area (TPSA) is 172 Å². The van der Waals surface area contributed by atoms with Crippen molar-refractivity contribution in [2.75, 3.05) is 6.54 Å². The van der Waals surface area contributed by atoms with E-state index in [1.807, 2.05) is 13.8 Å². The van der Waals surface area contributed by atoms with Crippen LogP contribution in [-0.2, 0) is 20.9 Å². The van der Waals surface area contributed by atoms with Crippen LogP contribution in [0.4, 0.5) is 4.79 Å². The Labute approximate surface area is 185 Å². The van der Waals surface area contributed by atoms with E-state index in [1.54, 1.807) is 0 Å². The Bertz CT molecular complexity index is 833. The zero-order chi connectivity index (χ0) is 24.0. The summed E-state index contributed by atoms with van der Waals surface area (Å²) >= 11 is 0. The fourth-order valence-corrected chi connectivity index (χ4v) is 2.98. The van der Waals surface area contributed by atoms with Crippen LogP contribution in [0.5, 0.6) is 5.75 Å². The zero-order valence-electron chi connectivity index (χ0n) is 18.1. The molecule has 11 nitrogen and oxygen atoms in total. The van der Waals surface area contributed by atoms with Crippen molar-refractivity contribution in [3.05, 3.63) is 29.3 Å². The first-order valence-corrected chi connectivity index (χ1v) is 10.1. The molecule has 1 amide bonds. The van der Waals surface area contributed by atoms with Crippen molar-refractivity contribution in [3.63, 3.8) is 0 Å². The fraction of sp³-hybridized carbons (Fsp3) is 0.550. The minimum Gasteiger partial charge on any atom is -0.479 e. The highest BCUT2D eigenvalue weighted by molar-refractivity contribution is 6.55. The molecule has 0 radical (unpaired) electrons. The second-order valence-corrected chi connectivity index (χ2v) is 7.90. The Morgan fingerprint density at radius 1 is 1.16 bits per heavy atom. The third-order valence-electron chi connectivity index (χ3n) is 4.79. The minimum absolute atomic E-state index is 0.0293. The molecule has 32 heavy (non-hydrogen) atoms. The smallest absolute Gasteiger partial charge is 0.335 e. The van der Waals surface area contributed by atoms with Crippen LogP contribution in [0.1, 0.15) is 36.2 Å². The minimum atomic E-state index is -1.87. The maximum atomic E-state index is 12.8. The lowest BCUT2D eigenvalue weighted by molar-refractivity contribution is -0.271. The number of benzene rings is 1. The summed E-state index contributed by atoms with van der Waals surface area (Å²) < 4.78 is 15.6. The molecular weight excluding hydrogens is 425 g/mol. The molecule has 1 heterocycles. The number of hydrogen-bond acceptors (Lipinski definition) is 9. The summed E-state index contributed by atoms with van der Waals surface area (Å²) in [5, 5.41) is 41.9. The molecule has 12 heteroatoms. The van der Waals surface area contributed by atoms with Crippen LogP contribution >= 0.6 is 0 Å². The van der Waals surface area contributed by atoms with E-state index in [9.17, 15) is 34.8 Å². The van der Waals surface area contributed by atoms with Gasteiger partial charge in [-0.1, -0.05) is 19.9 Å². The second-order valence-electron chi connectivity index (χ2n) is 7.90. The van der Waals surface area contributed by atoms with Gasteiger partial charge in [-0.05, 0) is 30.0 Å². The van der Waals surface area contributed by atoms with E-state index in [1.165, 1.54) is 26.0 Å². The van der Waals surface area contributed by atoms with Gasteiger partial charge in [-0.3, -0.25) is 9.59 Å².